The average molecular weight is 309 g/mol. The second-order valence-electron chi connectivity index (χ2n) is 4.52. The second kappa shape index (κ2) is 4.89. The van der Waals surface area contributed by atoms with E-state index in [0.717, 1.165) is 12.8 Å². The molecule has 1 unspecified atom stereocenters. The van der Waals surface area contributed by atoms with Crippen molar-refractivity contribution in [3.63, 3.8) is 0 Å². The van der Waals surface area contributed by atoms with Crippen LogP contribution in [-0.4, -0.2) is 14.5 Å². The summed E-state index contributed by atoms with van der Waals surface area (Å²) in [5, 5.41) is 0.215. The maximum absolute atomic E-state index is 12.2. The van der Waals surface area contributed by atoms with Crippen LogP contribution in [0.4, 0.5) is 5.69 Å². The highest BCUT2D eigenvalue weighted by Crippen LogP contribution is 2.35. The number of rotatable bonds is 4. The van der Waals surface area contributed by atoms with E-state index in [4.69, 9.17) is 28.9 Å². The number of hydrogen-bond donors (Lipinski definition) is 2. The number of hydrogen-bond acceptors (Lipinski definition) is 3. The molecule has 1 aromatic rings. The van der Waals surface area contributed by atoms with Gasteiger partial charge in [-0.1, -0.05) is 23.2 Å². The predicted octanol–water partition coefficient (Wildman–Crippen LogP) is 2.65. The highest BCUT2D eigenvalue weighted by Gasteiger charge is 2.32. The Morgan fingerprint density at radius 3 is 2.56 bits per heavy atom. The Morgan fingerprint density at radius 1 is 1.39 bits per heavy atom. The van der Waals surface area contributed by atoms with E-state index in [1.54, 1.807) is 0 Å². The molecule has 18 heavy (non-hydrogen) atoms. The normalized spacial score (nSPS) is 17.7. The summed E-state index contributed by atoms with van der Waals surface area (Å²) in [7, 11) is -3.66. The van der Waals surface area contributed by atoms with Crippen LogP contribution in [0.3, 0.4) is 0 Å². The Morgan fingerprint density at radius 2 is 2.00 bits per heavy atom. The maximum atomic E-state index is 12.2. The first-order valence-corrected chi connectivity index (χ1v) is 7.82. The Bertz CT molecular complexity index is 571. The van der Waals surface area contributed by atoms with Crippen LogP contribution in [0.15, 0.2) is 17.0 Å². The van der Waals surface area contributed by atoms with Crippen molar-refractivity contribution in [1.29, 1.82) is 0 Å². The van der Waals surface area contributed by atoms with Crippen LogP contribution in [0.1, 0.15) is 19.8 Å². The minimum Gasteiger partial charge on any atom is -0.396 e. The van der Waals surface area contributed by atoms with E-state index < -0.39 is 10.0 Å². The van der Waals surface area contributed by atoms with Crippen molar-refractivity contribution in [1.82, 2.24) is 4.72 Å². The van der Waals surface area contributed by atoms with Gasteiger partial charge >= 0.3 is 0 Å². The van der Waals surface area contributed by atoms with Gasteiger partial charge in [0, 0.05) is 6.04 Å². The van der Waals surface area contributed by atoms with Gasteiger partial charge in [-0.15, -0.1) is 0 Å². The zero-order valence-corrected chi connectivity index (χ0v) is 12.1. The Kier molecular flexibility index (Phi) is 3.78. The minimum absolute atomic E-state index is 0.0291. The van der Waals surface area contributed by atoms with E-state index >= 15 is 0 Å². The summed E-state index contributed by atoms with van der Waals surface area (Å²) in [5.74, 6) is 0.420. The predicted molar refractivity (Wildman–Crippen MR) is 73.4 cm³/mol. The molecular weight excluding hydrogens is 295 g/mol. The number of nitrogen functional groups attached to an aromatic ring is 1. The number of nitrogens with one attached hydrogen (secondary N) is 1. The summed E-state index contributed by atoms with van der Waals surface area (Å²) in [6.07, 6.45) is 2.11. The number of halogens is 2. The lowest BCUT2D eigenvalue weighted by Gasteiger charge is -2.15. The summed E-state index contributed by atoms with van der Waals surface area (Å²) in [5.41, 5.74) is 5.71. The summed E-state index contributed by atoms with van der Waals surface area (Å²) in [6, 6.07) is 2.70. The fraction of sp³-hybridized carbons (Fsp3) is 0.455. The van der Waals surface area contributed by atoms with E-state index in [9.17, 15) is 8.42 Å². The summed E-state index contributed by atoms with van der Waals surface area (Å²) in [4.78, 5) is -0.0291. The first-order valence-electron chi connectivity index (χ1n) is 5.58. The van der Waals surface area contributed by atoms with Gasteiger partial charge in [0.05, 0.1) is 15.7 Å². The standard InChI is InChI=1S/C11H14Cl2N2O2S/c1-6(7-2-3-7)15-18(16,17)9-5-4-8(12)11(14)10(9)13/h4-7,15H,2-3,14H2,1H3. The third kappa shape index (κ3) is 2.74. The van der Waals surface area contributed by atoms with E-state index in [2.05, 4.69) is 4.72 Å². The van der Waals surface area contributed by atoms with E-state index in [1.807, 2.05) is 6.92 Å². The number of anilines is 1. The Balaban J connectivity index is 2.32. The first kappa shape index (κ1) is 13.9. The van der Waals surface area contributed by atoms with Gasteiger partial charge in [-0.3, -0.25) is 0 Å². The van der Waals surface area contributed by atoms with Crippen LogP contribution >= 0.6 is 23.2 Å². The fourth-order valence-electron chi connectivity index (χ4n) is 1.76. The molecule has 1 atom stereocenters. The van der Waals surface area contributed by atoms with Crippen LogP contribution < -0.4 is 10.5 Å². The molecule has 2 rings (SSSR count). The summed E-state index contributed by atoms with van der Waals surface area (Å²) < 4.78 is 26.9. The molecule has 0 saturated heterocycles. The molecule has 0 heterocycles. The van der Waals surface area contributed by atoms with Gasteiger partial charge in [-0.05, 0) is 37.8 Å². The zero-order valence-electron chi connectivity index (χ0n) is 9.78. The van der Waals surface area contributed by atoms with E-state index in [0.29, 0.717) is 5.92 Å². The molecule has 0 bridgehead atoms. The van der Waals surface area contributed by atoms with Crippen molar-refractivity contribution < 1.29 is 8.42 Å². The van der Waals surface area contributed by atoms with Crippen molar-refractivity contribution in [2.24, 2.45) is 5.92 Å². The smallest absolute Gasteiger partial charge is 0.242 e. The molecule has 1 fully saturated rings. The summed E-state index contributed by atoms with van der Waals surface area (Å²) >= 11 is 11.7. The lowest BCUT2D eigenvalue weighted by molar-refractivity contribution is 0.538. The van der Waals surface area contributed by atoms with Gasteiger partial charge in [0.2, 0.25) is 10.0 Å². The molecule has 0 aromatic heterocycles. The van der Waals surface area contributed by atoms with Gasteiger partial charge in [-0.25, -0.2) is 13.1 Å². The molecule has 3 N–H and O–H groups in total. The SMILES string of the molecule is CC(NS(=O)(=O)c1ccc(Cl)c(N)c1Cl)C1CC1. The van der Waals surface area contributed by atoms with Gasteiger partial charge in [-0.2, -0.15) is 0 Å². The van der Waals surface area contributed by atoms with Crippen molar-refractivity contribution >= 4 is 38.9 Å². The molecule has 0 spiro atoms. The second-order valence-corrected chi connectivity index (χ2v) is 6.99. The van der Waals surface area contributed by atoms with E-state index in [-0.39, 0.29) is 26.7 Å². The first-order chi connectivity index (χ1) is 8.33. The third-order valence-electron chi connectivity index (χ3n) is 3.05. The molecule has 1 aliphatic carbocycles. The number of nitrogens with two attached hydrogens (primary N) is 1. The van der Waals surface area contributed by atoms with Gasteiger partial charge < -0.3 is 5.73 Å². The van der Waals surface area contributed by atoms with Gasteiger partial charge in [0.25, 0.3) is 0 Å². The Labute approximate surface area is 117 Å². The largest absolute Gasteiger partial charge is 0.396 e. The van der Waals surface area contributed by atoms with Gasteiger partial charge in [0.1, 0.15) is 4.90 Å². The lowest BCUT2D eigenvalue weighted by atomic mass is 10.2. The molecule has 1 aromatic carbocycles. The van der Waals surface area contributed by atoms with Crippen molar-refractivity contribution in [3.8, 4) is 0 Å². The molecule has 0 amide bonds. The molecule has 1 aliphatic rings. The van der Waals surface area contributed by atoms with Crippen LogP contribution in [-0.2, 0) is 10.0 Å². The maximum Gasteiger partial charge on any atom is 0.242 e. The minimum atomic E-state index is -3.66. The topological polar surface area (TPSA) is 72.2 Å². The molecule has 100 valence electrons. The average Bonchev–Trinajstić information content (AvgIpc) is 3.08. The van der Waals surface area contributed by atoms with Gasteiger partial charge in [0.15, 0.2) is 0 Å². The summed E-state index contributed by atoms with van der Waals surface area (Å²) in [6.45, 7) is 1.85. The van der Waals surface area contributed by atoms with Crippen LogP contribution in [0.5, 0.6) is 0 Å². The molecular formula is C11H14Cl2N2O2S. The van der Waals surface area contributed by atoms with E-state index in [1.165, 1.54) is 12.1 Å². The van der Waals surface area contributed by atoms with Crippen molar-refractivity contribution in [2.45, 2.75) is 30.7 Å². The highest BCUT2D eigenvalue weighted by molar-refractivity contribution is 7.89. The lowest BCUT2D eigenvalue weighted by Crippen LogP contribution is -2.34. The molecule has 0 radical (unpaired) electrons. The monoisotopic (exact) mass is 308 g/mol. The third-order valence-corrected chi connectivity index (χ3v) is 5.50. The van der Waals surface area contributed by atoms with Crippen molar-refractivity contribution in [3.05, 3.63) is 22.2 Å². The molecule has 1 saturated carbocycles. The molecule has 7 heteroatoms. The number of sulfonamides is 1. The molecule has 4 nitrogen and oxygen atoms in total. The fourth-order valence-corrected chi connectivity index (χ4v) is 3.83. The quantitative estimate of drug-likeness (QED) is 0.840. The Hall–Kier alpha value is -0.490. The van der Waals surface area contributed by atoms with Crippen molar-refractivity contribution in [2.75, 3.05) is 5.73 Å². The number of benzene rings is 1. The van der Waals surface area contributed by atoms with Crippen LogP contribution in [0, 0.1) is 5.92 Å². The van der Waals surface area contributed by atoms with Crippen LogP contribution in [0.25, 0.3) is 0 Å². The van der Waals surface area contributed by atoms with Crippen LogP contribution in [0.2, 0.25) is 10.0 Å². The highest BCUT2D eigenvalue weighted by atomic mass is 35.5. The zero-order chi connectivity index (χ0) is 13.5. The molecule has 0 aliphatic heterocycles.